The third kappa shape index (κ3) is 2.83. The van der Waals surface area contributed by atoms with E-state index in [-0.39, 0.29) is 18.6 Å². The SMILES string of the molecule is CN(C(=O)c1cccc(-c2nccs2)c1)[C@@H]1COC[C@H]1O. The third-order valence-corrected chi connectivity index (χ3v) is 4.45. The highest BCUT2D eigenvalue weighted by Crippen LogP contribution is 2.23. The van der Waals surface area contributed by atoms with Crippen LogP contribution in [-0.4, -0.2) is 53.3 Å². The summed E-state index contributed by atoms with van der Waals surface area (Å²) in [5.41, 5.74) is 1.51. The molecule has 2 atom stereocenters. The van der Waals surface area contributed by atoms with Crippen molar-refractivity contribution in [3.05, 3.63) is 41.4 Å². The summed E-state index contributed by atoms with van der Waals surface area (Å²) in [5.74, 6) is -0.122. The van der Waals surface area contributed by atoms with Crippen molar-refractivity contribution in [1.82, 2.24) is 9.88 Å². The summed E-state index contributed by atoms with van der Waals surface area (Å²) >= 11 is 1.53. The van der Waals surface area contributed by atoms with Gasteiger partial charge in [-0.2, -0.15) is 0 Å². The topological polar surface area (TPSA) is 62.7 Å². The highest BCUT2D eigenvalue weighted by molar-refractivity contribution is 7.13. The second-order valence-electron chi connectivity index (χ2n) is 5.01. The minimum absolute atomic E-state index is 0.122. The fourth-order valence-electron chi connectivity index (χ4n) is 2.41. The molecular formula is C15H16N2O3S. The van der Waals surface area contributed by atoms with Gasteiger partial charge in [0.15, 0.2) is 0 Å². The molecule has 2 aromatic rings. The van der Waals surface area contributed by atoms with E-state index in [1.54, 1.807) is 24.2 Å². The van der Waals surface area contributed by atoms with E-state index < -0.39 is 6.10 Å². The van der Waals surface area contributed by atoms with Crippen LogP contribution >= 0.6 is 11.3 Å². The van der Waals surface area contributed by atoms with Gasteiger partial charge in [-0.3, -0.25) is 4.79 Å². The van der Waals surface area contributed by atoms with Crippen LogP contribution < -0.4 is 0 Å². The molecule has 110 valence electrons. The van der Waals surface area contributed by atoms with E-state index in [0.29, 0.717) is 12.2 Å². The van der Waals surface area contributed by atoms with E-state index in [9.17, 15) is 9.90 Å². The number of thiazole rings is 1. The van der Waals surface area contributed by atoms with Crippen molar-refractivity contribution in [1.29, 1.82) is 0 Å². The van der Waals surface area contributed by atoms with Gasteiger partial charge in [0.2, 0.25) is 0 Å². The molecule has 5 nitrogen and oxygen atoms in total. The Kier molecular flexibility index (Phi) is 4.01. The van der Waals surface area contributed by atoms with Gasteiger partial charge >= 0.3 is 0 Å². The fourth-order valence-corrected chi connectivity index (χ4v) is 3.04. The van der Waals surface area contributed by atoms with Crippen LogP contribution in [0.1, 0.15) is 10.4 Å². The summed E-state index contributed by atoms with van der Waals surface area (Å²) in [6.45, 7) is 0.650. The van der Waals surface area contributed by atoms with Crippen LogP contribution in [-0.2, 0) is 4.74 Å². The lowest BCUT2D eigenvalue weighted by Gasteiger charge is -2.25. The van der Waals surface area contributed by atoms with Crippen LogP contribution in [0.5, 0.6) is 0 Å². The Morgan fingerprint density at radius 2 is 2.33 bits per heavy atom. The molecule has 0 bridgehead atoms. The largest absolute Gasteiger partial charge is 0.388 e. The number of aliphatic hydroxyl groups excluding tert-OH is 1. The Morgan fingerprint density at radius 1 is 1.48 bits per heavy atom. The smallest absolute Gasteiger partial charge is 0.254 e. The Morgan fingerprint density at radius 3 is 3.00 bits per heavy atom. The van der Waals surface area contributed by atoms with Crippen molar-refractivity contribution in [3.63, 3.8) is 0 Å². The standard InChI is InChI=1S/C15H16N2O3S/c1-17(12-8-20-9-13(12)18)15(19)11-4-2-3-10(7-11)14-16-5-6-21-14/h2-7,12-13,18H,8-9H2,1H3/t12-,13-/m1/s1. The number of carbonyl (C=O) groups is 1. The summed E-state index contributed by atoms with van der Waals surface area (Å²) in [5, 5.41) is 12.6. The molecule has 1 aromatic carbocycles. The van der Waals surface area contributed by atoms with Crippen molar-refractivity contribution in [2.75, 3.05) is 20.3 Å². The van der Waals surface area contributed by atoms with Crippen LogP contribution in [0.25, 0.3) is 10.6 Å². The maximum Gasteiger partial charge on any atom is 0.254 e. The molecule has 0 spiro atoms. The predicted octanol–water partition coefficient (Wildman–Crippen LogP) is 1.64. The Balaban J connectivity index is 1.83. The Labute approximate surface area is 126 Å². The Bertz CT molecular complexity index is 630. The van der Waals surface area contributed by atoms with Crippen LogP contribution in [0.4, 0.5) is 0 Å². The number of hydrogen-bond donors (Lipinski definition) is 1. The summed E-state index contributed by atoms with van der Waals surface area (Å²) in [7, 11) is 1.70. The predicted molar refractivity (Wildman–Crippen MR) is 80.3 cm³/mol. The first-order valence-corrected chi connectivity index (χ1v) is 7.57. The van der Waals surface area contributed by atoms with Gasteiger partial charge in [-0.05, 0) is 12.1 Å². The number of ether oxygens (including phenoxy) is 1. The number of rotatable bonds is 3. The van der Waals surface area contributed by atoms with Crippen LogP contribution in [0.2, 0.25) is 0 Å². The van der Waals surface area contributed by atoms with E-state index in [0.717, 1.165) is 10.6 Å². The van der Waals surface area contributed by atoms with E-state index in [1.165, 1.54) is 11.3 Å². The molecule has 0 saturated carbocycles. The lowest BCUT2D eigenvalue weighted by atomic mass is 10.1. The molecule has 1 aliphatic heterocycles. The first kappa shape index (κ1) is 14.2. The average molecular weight is 304 g/mol. The highest BCUT2D eigenvalue weighted by Gasteiger charge is 2.32. The number of aromatic nitrogens is 1. The zero-order valence-electron chi connectivity index (χ0n) is 11.6. The number of aliphatic hydroxyl groups is 1. The second kappa shape index (κ2) is 5.93. The van der Waals surface area contributed by atoms with Gasteiger partial charge in [0, 0.05) is 29.8 Å². The zero-order chi connectivity index (χ0) is 14.8. The maximum atomic E-state index is 12.5. The molecule has 6 heteroatoms. The molecule has 1 N–H and O–H groups in total. The highest BCUT2D eigenvalue weighted by atomic mass is 32.1. The molecule has 0 aliphatic carbocycles. The van der Waals surface area contributed by atoms with Crippen molar-refractivity contribution in [2.24, 2.45) is 0 Å². The van der Waals surface area contributed by atoms with Gasteiger partial charge in [0.1, 0.15) is 5.01 Å². The molecule has 2 heterocycles. The number of nitrogens with zero attached hydrogens (tertiary/aromatic N) is 2. The molecule has 3 rings (SSSR count). The summed E-state index contributed by atoms with van der Waals surface area (Å²) in [6, 6.07) is 7.10. The minimum atomic E-state index is -0.624. The number of carbonyl (C=O) groups excluding carboxylic acids is 1. The molecular weight excluding hydrogens is 288 g/mol. The number of likely N-dealkylation sites (N-methyl/N-ethyl adjacent to an activating group) is 1. The van der Waals surface area contributed by atoms with Crippen molar-refractivity contribution in [2.45, 2.75) is 12.1 Å². The Hall–Kier alpha value is -1.76. The molecule has 1 saturated heterocycles. The summed E-state index contributed by atoms with van der Waals surface area (Å²) in [6.07, 6.45) is 1.12. The van der Waals surface area contributed by atoms with Gasteiger partial charge in [-0.25, -0.2) is 4.98 Å². The molecule has 0 unspecified atom stereocenters. The molecule has 1 fully saturated rings. The quantitative estimate of drug-likeness (QED) is 0.936. The maximum absolute atomic E-state index is 12.5. The van der Waals surface area contributed by atoms with Gasteiger partial charge in [0.05, 0.1) is 25.4 Å². The normalized spacial score (nSPS) is 21.4. The van der Waals surface area contributed by atoms with Gasteiger partial charge in [0.25, 0.3) is 5.91 Å². The average Bonchev–Trinajstić information content (AvgIpc) is 3.17. The van der Waals surface area contributed by atoms with Crippen LogP contribution in [0.15, 0.2) is 35.8 Å². The fraction of sp³-hybridized carbons (Fsp3) is 0.333. The monoisotopic (exact) mass is 304 g/mol. The van der Waals surface area contributed by atoms with Gasteiger partial charge in [-0.1, -0.05) is 12.1 Å². The van der Waals surface area contributed by atoms with Crippen LogP contribution in [0, 0.1) is 0 Å². The second-order valence-corrected chi connectivity index (χ2v) is 5.90. The number of benzene rings is 1. The molecule has 1 aromatic heterocycles. The number of amides is 1. The molecule has 21 heavy (non-hydrogen) atoms. The van der Waals surface area contributed by atoms with Crippen molar-refractivity contribution < 1.29 is 14.6 Å². The van der Waals surface area contributed by atoms with Gasteiger partial charge < -0.3 is 14.7 Å². The lowest BCUT2D eigenvalue weighted by Crippen LogP contribution is -2.44. The summed E-state index contributed by atoms with van der Waals surface area (Å²) < 4.78 is 5.21. The molecule has 1 amide bonds. The van der Waals surface area contributed by atoms with E-state index in [2.05, 4.69) is 4.98 Å². The molecule has 1 aliphatic rings. The van der Waals surface area contributed by atoms with E-state index in [4.69, 9.17) is 4.74 Å². The molecule has 0 radical (unpaired) electrons. The van der Waals surface area contributed by atoms with E-state index in [1.807, 2.05) is 23.6 Å². The first-order valence-electron chi connectivity index (χ1n) is 6.69. The lowest BCUT2D eigenvalue weighted by molar-refractivity contribution is 0.0581. The van der Waals surface area contributed by atoms with E-state index >= 15 is 0 Å². The van der Waals surface area contributed by atoms with Crippen molar-refractivity contribution >= 4 is 17.2 Å². The van der Waals surface area contributed by atoms with Crippen molar-refractivity contribution in [3.8, 4) is 10.6 Å². The third-order valence-electron chi connectivity index (χ3n) is 3.63. The van der Waals surface area contributed by atoms with Crippen LogP contribution in [0.3, 0.4) is 0 Å². The summed E-state index contributed by atoms with van der Waals surface area (Å²) in [4.78, 5) is 18.4. The number of hydrogen-bond acceptors (Lipinski definition) is 5. The van der Waals surface area contributed by atoms with Gasteiger partial charge in [-0.15, -0.1) is 11.3 Å². The zero-order valence-corrected chi connectivity index (χ0v) is 12.4. The first-order chi connectivity index (χ1) is 10.2. The minimum Gasteiger partial charge on any atom is -0.388 e.